The van der Waals surface area contributed by atoms with E-state index in [4.69, 9.17) is 0 Å². The Labute approximate surface area is 86.8 Å². The lowest BCUT2D eigenvalue weighted by molar-refractivity contribution is -0.124. The van der Waals surface area contributed by atoms with Gasteiger partial charge in [0.15, 0.2) is 0 Å². The molecule has 14 heavy (non-hydrogen) atoms. The summed E-state index contributed by atoms with van der Waals surface area (Å²) in [4.78, 5) is 11.3. The van der Waals surface area contributed by atoms with E-state index in [1.165, 1.54) is 25.7 Å². The van der Waals surface area contributed by atoms with Crippen LogP contribution in [0, 0.1) is 5.41 Å². The number of hydrogen-bond donors (Lipinski definition) is 1. The van der Waals surface area contributed by atoms with Crippen molar-refractivity contribution in [3.63, 3.8) is 0 Å². The highest BCUT2D eigenvalue weighted by Gasteiger charge is 2.39. The largest absolute Gasteiger partial charge is 0.330 e. The van der Waals surface area contributed by atoms with E-state index in [1.807, 2.05) is 13.8 Å². The molecule has 0 unspecified atom stereocenters. The molecule has 0 radical (unpaired) electrons. The van der Waals surface area contributed by atoms with Crippen LogP contribution < -0.4 is 5.32 Å². The van der Waals surface area contributed by atoms with Crippen LogP contribution in [0.1, 0.15) is 52.4 Å². The number of nitrogens with one attached hydrogen (secondary N) is 1. The second-order valence-electron chi connectivity index (χ2n) is 4.21. The number of allylic oxidation sites excluding steroid dienone is 1. The molecule has 1 aliphatic carbocycles. The van der Waals surface area contributed by atoms with Crippen LogP contribution in [-0.4, -0.2) is 5.91 Å². The van der Waals surface area contributed by atoms with Gasteiger partial charge in [0.1, 0.15) is 0 Å². The molecule has 2 rings (SSSR count). The quantitative estimate of drug-likeness (QED) is 0.632. The molecule has 2 heteroatoms. The second-order valence-corrected chi connectivity index (χ2v) is 4.21. The lowest BCUT2D eigenvalue weighted by atomic mass is 9.76. The Hall–Kier alpha value is -0.790. The van der Waals surface area contributed by atoms with E-state index in [-0.39, 0.29) is 5.91 Å². The summed E-state index contributed by atoms with van der Waals surface area (Å²) in [6.45, 7) is 7.85. The van der Waals surface area contributed by atoms with Gasteiger partial charge in [-0.15, -0.1) is 0 Å². The van der Waals surface area contributed by atoms with Crippen LogP contribution in [0.15, 0.2) is 12.3 Å². The van der Waals surface area contributed by atoms with E-state index >= 15 is 0 Å². The zero-order valence-electron chi connectivity index (χ0n) is 9.36. The van der Waals surface area contributed by atoms with Gasteiger partial charge in [-0.05, 0) is 24.7 Å². The van der Waals surface area contributed by atoms with Crippen molar-refractivity contribution in [1.29, 1.82) is 0 Å². The van der Waals surface area contributed by atoms with Crippen molar-refractivity contribution in [2.75, 3.05) is 0 Å². The molecule has 0 aromatic heterocycles. The van der Waals surface area contributed by atoms with Gasteiger partial charge in [0, 0.05) is 12.1 Å². The molecule has 1 saturated heterocycles. The molecule has 0 aromatic rings. The number of amides is 1. The maximum Gasteiger partial charge on any atom is 0.224 e. The summed E-state index contributed by atoms with van der Waals surface area (Å²) in [7, 11) is 0. The van der Waals surface area contributed by atoms with Gasteiger partial charge < -0.3 is 5.32 Å². The minimum atomic E-state index is 0.174. The molecular weight excluding hydrogens is 174 g/mol. The van der Waals surface area contributed by atoms with Gasteiger partial charge in [0.05, 0.1) is 0 Å². The Morgan fingerprint density at radius 1 is 1.21 bits per heavy atom. The number of carbonyl (C=O) groups excluding carboxylic acids is 1. The Morgan fingerprint density at radius 3 is 2.29 bits per heavy atom. The molecule has 2 aliphatic rings. The molecule has 0 atom stereocenters. The van der Waals surface area contributed by atoms with Crippen molar-refractivity contribution in [2.24, 2.45) is 5.41 Å². The number of piperidine rings is 1. The third-order valence-electron chi connectivity index (χ3n) is 3.10. The van der Waals surface area contributed by atoms with E-state index in [2.05, 4.69) is 11.9 Å². The summed E-state index contributed by atoms with van der Waals surface area (Å²) in [5.41, 5.74) is 1.23. The van der Waals surface area contributed by atoms with Gasteiger partial charge in [0.25, 0.3) is 0 Å². The fourth-order valence-electron chi connectivity index (χ4n) is 2.62. The van der Waals surface area contributed by atoms with E-state index in [0.717, 1.165) is 18.5 Å². The summed E-state index contributed by atoms with van der Waals surface area (Å²) < 4.78 is 0. The summed E-state index contributed by atoms with van der Waals surface area (Å²) in [5, 5.41) is 2.80. The molecular formula is C12H21NO. The highest BCUT2D eigenvalue weighted by Crippen LogP contribution is 2.46. The lowest BCUT2D eigenvalue weighted by Crippen LogP contribution is -2.37. The first-order valence-electron chi connectivity index (χ1n) is 5.68. The highest BCUT2D eigenvalue weighted by atomic mass is 16.1. The van der Waals surface area contributed by atoms with Crippen molar-refractivity contribution in [1.82, 2.24) is 5.32 Å². The van der Waals surface area contributed by atoms with E-state index < -0.39 is 0 Å². The first-order valence-corrected chi connectivity index (χ1v) is 5.68. The summed E-state index contributed by atoms with van der Waals surface area (Å²) in [5.74, 6) is 0.174. The second kappa shape index (κ2) is 4.63. The smallest absolute Gasteiger partial charge is 0.224 e. The van der Waals surface area contributed by atoms with Crippen LogP contribution in [0.4, 0.5) is 0 Å². The highest BCUT2D eigenvalue weighted by molar-refractivity contribution is 5.79. The molecule has 1 heterocycles. The summed E-state index contributed by atoms with van der Waals surface area (Å²) >= 11 is 0. The molecule has 1 N–H and O–H groups in total. The first-order chi connectivity index (χ1) is 6.70. The number of rotatable bonds is 0. The third kappa shape index (κ3) is 2.37. The Balaban J connectivity index is 0.000000461. The average Bonchev–Trinajstić information content (AvgIpc) is 2.54. The van der Waals surface area contributed by atoms with Gasteiger partial charge in [-0.3, -0.25) is 4.79 Å². The lowest BCUT2D eigenvalue weighted by Gasteiger charge is -2.33. The Morgan fingerprint density at radius 2 is 1.79 bits per heavy atom. The van der Waals surface area contributed by atoms with Crippen molar-refractivity contribution in [3.05, 3.63) is 12.3 Å². The molecule has 2 nitrogen and oxygen atoms in total. The van der Waals surface area contributed by atoms with Crippen molar-refractivity contribution in [3.8, 4) is 0 Å². The van der Waals surface area contributed by atoms with Crippen molar-refractivity contribution >= 4 is 5.91 Å². The molecule has 1 amide bonds. The first kappa shape index (κ1) is 11.3. The maximum absolute atomic E-state index is 11.3. The summed E-state index contributed by atoms with van der Waals surface area (Å²) in [6.07, 6.45) is 6.77. The minimum absolute atomic E-state index is 0.174. The third-order valence-corrected chi connectivity index (χ3v) is 3.10. The van der Waals surface area contributed by atoms with Crippen LogP contribution in [-0.2, 0) is 4.79 Å². The van der Waals surface area contributed by atoms with Crippen molar-refractivity contribution in [2.45, 2.75) is 52.4 Å². The number of hydrogen-bond acceptors (Lipinski definition) is 1. The summed E-state index contributed by atoms with van der Waals surface area (Å²) in [6, 6.07) is 0. The normalized spacial score (nSPS) is 24.1. The molecule has 1 saturated carbocycles. The average molecular weight is 195 g/mol. The topological polar surface area (TPSA) is 29.1 Å². The molecule has 0 aromatic carbocycles. The van der Waals surface area contributed by atoms with E-state index in [0.29, 0.717) is 5.41 Å². The van der Waals surface area contributed by atoms with Gasteiger partial charge >= 0.3 is 0 Å². The minimum Gasteiger partial charge on any atom is -0.330 e. The van der Waals surface area contributed by atoms with Crippen molar-refractivity contribution < 1.29 is 4.79 Å². The van der Waals surface area contributed by atoms with Gasteiger partial charge in [-0.2, -0.15) is 0 Å². The fraction of sp³-hybridized carbons (Fsp3) is 0.750. The van der Waals surface area contributed by atoms with Crippen LogP contribution in [0.3, 0.4) is 0 Å². The molecule has 2 fully saturated rings. The monoisotopic (exact) mass is 195 g/mol. The fourth-order valence-corrected chi connectivity index (χ4v) is 2.62. The molecule has 0 bridgehead atoms. The van der Waals surface area contributed by atoms with Crippen LogP contribution in [0.2, 0.25) is 0 Å². The standard InChI is InChI=1S/C10H15NO.C2H6/c1-8-6-10(4-2-3-5-10)7-9(12)11-8;1-2/h1-7H2,(H,11,12);1-2H3. The number of carbonyl (C=O) groups is 1. The van der Waals surface area contributed by atoms with Gasteiger partial charge in [0.2, 0.25) is 5.91 Å². The molecule has 80 valence electrons. The van der Waals surface area contributed by atoms with E-state index in [9.17, 15) is 4.79 Å². The van der Waals surface area contributed by atoms with E-state index in [1.54, 1.807) is 0 Å². The Kier molecular flexibility index (Phi) is 3.73. The van der Waals surface area contributed by atoms with Gasteiger partial charge in [-0.1, -0.05) is 33.3 Å². The molecule has 1 spiro atoms. The Bertz CT molecular complexity index is 208. The predicted octanol–water partition coefficient (Wildman–Crippen LogP) is 3.00. The maximum atomic E-state index is 11.3. The zero-order valence-corrected chi connectivity index (χ0v) is 9.36. The van der Waals surface area contributed by atoms with Gasteiger partial charge in [-0.25, -0.2) is 0 Å². The van der Waals surface area contributed by atoms with Crippen LogP contribution in [0.5, 0.6) is 0 Å². The van der Waals surface area contributed by atoms with Crippen LogP contribution >= 0.6 is 0 Å². The SMILES string of the molecule is C=C1CC2(CCCC2)CC(=O)N1.CC. The zero-order chi connectivity index (χ0) is 10.6. The predicted molar refractivity (Wildman–Crippen MR) is 58.8 cm³/mol. The van der Waals surface area contributed by atoms with Crippen LogP contribution in [0.25, 0.3) is 0 Å². The molecule has 1 aliphatic heterocycles.